The van der Waals surface area contributed by atoms with Gasteiger partial charge in [0.05, 0.1) is 6.54 Å². The molecule has 3 aromatic carbocycles. The van der Waals surface area contributed by atoms with E-state index in [1.165, 1.54) is 24.3 Å². The first-order chi connectivity index (χ1) is 14.6. The average Bonchev–Trinajstić information content (AvgIpc) is 3.15. The molecule has 0 bridgehead atoms. The summed E-state index contributed by atoms with van der Waals surface area (Å²) in [5.74, 6) is -0.639. The zero-order valence-electron chi connectivity index (χ0n) is 16.0. The van der Waals surface area contributed by atoms with Gasteiger partial charge in [-0.2, -0.15) is 15.0 Å². The van der Waals surface area contributed by atoms with Crippen LogP contribution in [0.1, 0.15) is 16.8 Å². The van der Waals surface area contributed by atoms with Crippen LogP contribution >= 0.6 is 11.6 Å². The summed E-state index contributed by atoms with van der Waals surface area (Å²) < 4.78 is 26.4. The molecule has 0 atom stereocenters. The van der Waals surface area contributed by atoms with Crippen molar-refractivity contribution in [2.45, 2.75) is 19.6 Å². The molecule has 7 heteroatoms. The van der Waals surface area contributed by atoms with Gasteiger partial charge in [-0.1, -0.05) is 60.1 Å². The summed E-state index contributed by atoms with van der Waals surface area (Å²) in [5.41, 5.74) is 4.20. The summed E-state index contributed by atoms with van der Waals surface area (Å²) in [6.45, 7) is 1.39. The van der Waals surface area contributed by atoms with Gasteiger partial charge >= 0.3 is 0 Å². The summed E-state index contributed by atoms with van der Waals surface area (Å²) in [6, 6.07) is 20.4. The van der Waals surface area contributed by atoms with Crippen LogP contribution in [-0.4, -0.2) is 15.0 Å². The Kier molecular flexibility index (Phi) is 6.16. The Morgan fingerprint density at radius 2 is 1.57 bits per heavy atom. The molecule has 4 aromatic rings. The minimum absolute atomic E-state index is 0.257. The molecule has 0 aliphatic carbocycles. The molecule has 0 radical (unpaired) electrons. The SMILES string of the molecule is Fc1ccc(CNCc2nn(Cc3ccc(F)cc3Cl)nc2-c2ccccc2)cc1. The molecule has 0 saturated carbocycles. The third kappa shape index (κ3) is 4.90. The topological polar surface area (TPSA) is 42.7 Å². The second-order valence-corrected chi connectivity index (χ2v) is 7.26. The first-order valence-electron chi connectivity index (χ1n) is 9.47. The lowest BCUT2D eigenvalue weighted by molar-refractivity contribution is 0.574. The van der Waals surface area contributed by atoms with Gasteiger partial charge < -0.3 is 5.32 Å². The number of nitrogens with one attached hydrogen (secondary N) is 1. The van der Waals surface area contributed by atoms with E-state index in [1.807, 2.05) is 30.3 Å². The smallest absolute Gasteiger partial charge is 0.124 e. The Morgan fingerprint density at radius 1 is 0.833 bits per heavy atom. The van der Waals surface area contributed by atoms with Crippen molar-refractivity contribution in [3.63, 3.8) is 0 Å². The fraction of sp³-hybridized carbons (Fsp3) is 0.130. The lowest BCUT2D eigenvalue weighted by Gasteiger charge is -2.05. The van der Waals surface area contributed by atoms with Gasteiger partial charge in [-0.05, 0) is 35.4 Å². The van der Waals surface area contributed by atoms with E-state index in [2.05, 4.69) is 15.5 Å². The van der Waals surface area contributed by atoms with Crippen molar-refractivity contribution in [1.29, 1.82) is 0 Å². The van der Waals surface area contributed by atoms with Crippen LogP contribution in [0, 0.1) is 11.6 Å². The Hall–Kier alpha value is -3.09. The first-order valence-corrected chi connectivity index (χ1v) is 9.85. The normalized spacial score (nSPS) is 11.0. The Balaban J connectivity index is 1.55. The second-order valence-electron chi connectivity index (χ2n) is 6.86. The van der Waals surface area contributed by atoms with Crippen LogP contribution in [0.5, 0.6) is 0 Å². The fourth-order valence-electron chi connectivity index (χ4n) is 3.12. The quantitative estimate of drug-likeness (QED) is 0.442. The van der Waals surface area contributed by atoms with Crippen LogP contribution in [0.3, 0.4) is 0 Å². The maximum atomic E-state index is 13.3. The number of halogens is 3. The molecular weight excluding hydrogens is 406 g/mol. The Bertz CT molecular complexity index is 1130. The third-order valence-corrected chi connectivity index (χ3v) is 4.99. The molecule has 152 valence electrons. The van der Waals surface area contributed by atoms with Gasteiger partial charge in [0.25, 0.3) is 0 Å². The lowest BCUT2D eigenvalue weighted by Crippen LogP contribution is -2.14. The average molecular weight is 425 g/mol. The number of nitrogens with zero attached hydrogens (tertiary/aromatic N) is 3. The minimum atomic E-state index is -0.382. The molecule has 0 fully saturated rings. The number of hydrogen-bond acceptors (Lipinski definition) is 3. The van der Waals surface area contributed by atoms with Crippen molar-refractivity contribution in [1.82, 2.24) is 20.3 Å². The fourth-order valence-corrected chi connectivity index (χ4v) is 3.35. The Morgan fingerprint density at radius 3 is 2.30 bits per heavy atom. The molecule has 1 aromatic heterocycles. The molecule has 1 heterocycles. The largest absolute Gasteiger partial charge is 0.307 e. The summed E-state index contributed by atoms with van der Waals surface area (Å²) in [7, 11) is 0. The zero-order chi connectivity index (χ0) is 20.9. The minimum Gasteiger partial charge on any atom is -0.307 e. The van der Waals surface area contributed by atoms with E-state index in [1.54, 1.807) is 23.0 Å². The predicted octanol–water partition coefficient (Wildman–Crippen LogP) is 5.21. The van der Waals surface area contributed by atoms with E-state index < -0.39 is 0 Å². The lowest BCUT2D eigenvalue weighted by atomic mass is 10.1. The van der Waals surface area contributed by atoms with Gasteiger partial charge in [0.2, 0.25) is 0 Å². The summed E-state index contributed by atoms with van der Waals surface area (Å²) in [6.07, 6.45) is 0. The number of hydrogen-bond donors (Lipinski definition) is 1. The van der Waals surface area contributed by atoms with Gasteiger partial charge in [-0.25, -0.2) is 8.78 Å². The first kappa shape index (κ1) is 20.2. The summed E-state index contributed by atoms with van der Waals surface area (Å²) >= 11 is 6.16. The van der Waals surface area contributed by atoms with Crippen LogP contribution in [0.2, 0.25) is 5.02 Å². The highest BCUT2D eigenvalue weighted by Crippen LogP contribution is 2.22. The van der Waals surface area contributed by atoms with Crippen LogP contribution in [0.15, 0.2) is 72.8 Å². The predicted molar refractivity (Wildman–Crippen MR) is 113 cm³/mol. The molecule has 0 amide bonds. The molecule has 0 spiro atoms. The highest BCUT2D eigenvalue weighted by Gasteiger charge is 2.14. The van der Waals surface area contributed by atoms with E-state index in [0.717, 1.165) is 28.1 Å². The van der Waals surface area contributed by atoms with Crippen molar-refractivity contribution < 1.29 is 8.78 Å². The number of benzene rings is 3. The monoisotopic (exact) mass is 424 g/mol. The van der Waals surface area contributed by atoms with Crippen molar-refractivity contribution >= 4 is 11.6 Å². The van der Waals surface area contributed by atoms with Crippen LogP contribution in [0.4, 0.5) is 8.78 Å². The maximum absolute atomic E-state index is 13.3. The number of aromatic nitrogens is 3. The van der Waals surface area contributed by atoms with Gasteiger partial charge in [0.15, 0.2) is 0 Å². The van der Waals surface area contributed by atoms with Gasteiger partial charge in [0, 0.05) is 23.7 Å². The van der Waals surface area contributed by atoms with E-state index in [9.17, 15) is 8.78 Å². The Labute approximate surface area is 178 Å². The molecule has 0 aliphatic heterocycles. The van der Waals surface area contributed by atoms with E-state index >= 15 is 0 Å². The molecule has 0 saturated heterocycles. The van der Waals surface area contributed by atoms with Gasteiger partial charge in [0.1, 0.15) is 23.0 Å². The van der Waals surface area contributed by atoms with Crippen molar-refractivity contribution in [2.24, 2.45) is 0 Å². The number of rotatable bonds is 7. The highest BCUT2D eigenvalue weighted by atomic mass is 35.5. The van der Waals surface area contributed by atoms with E-state index in [4.69, 9.17) is 11.6 Å². The van der Waals surface area contributed by atoms with Crippen LogP contribution in [0.25, 0.3) is 11.3 Å². The highest BCUT2D eigenvalue weighted by molar-refractivity contribution is 6.31. The van der Waals surface area contributed by atoms with Crippen molar-refractivity contribution in [3.05, 3.63) is 106 Å². The van der Waals surface area contributed by atoms with E-state index in [-0.39, 0.29) is 11.6 Å². The standard InChI is InChI=1S/C23H19ClF2N4/c24-21-12-20(26)11-8-18(21)15-30-28-22(23(29-30)17-4-2-1-3-5-17)14-27-13-16-6-9-19(25)10-7-16/h1-12,27H,13-15H2. The zero-order valence-corrected chi connectivity index (χ0v) is 16.8. The van der Waals surface area contributed by atoms with Crippen LogP contribution < -0.4 is 5.32 Å². The van der Waals surface area contributed by atoms with Crippen molar-refractivity contribution in [2.75, 3.05) is 0 Å². The second kappa shape index (κ2) is 9.15. The third-order valence-electron chi connectivity index (χ3n) is 4.63. The van der Waals surface area contributed by atoms with Crippen LogP contribution in [-0.2, 0) is 19.6 Å². The molecule has 0 aliphatic rings. The van der Waals surface area contributed by atoms with E-state index in [0.29, 0.717) is 24.7 Å². The summed E-state index contributed by atoms with van der Waals surface area (Å²) in [4.78, 5) is 1.57. The van der Waals surface area contributed by atoms with Gasteiger partial charge in [-0.15, -0.1) is 0 Å². The van der Waals surface area contributed by atoms with Gasteiger partial charge in [-0.3, -0.25) is 0 Å². The molecule has 4 rings (SSSR count). The summed E-state index contributed by atoms with van der Waals surface area (Å²) in [5, 5.41) is 12.9. The molecule has 30 heavy (non-hydrogen) atoms. The molecule has 1 N–H and O–H groups in total. The molecule has 4 nitrogen and oxygen atoms in total. The maximum Gasteiger partial charge on any atom is 0.124 e. The molecule has 0 unspecified atom stereocenters. The molecular formula is C23H19ClF2N4. The van der Waals surface area contributed by atoms with Crippen molar-refractivity contribution in [3.8, 4) is 11.3 Å².